The van der Waals surface area contributed by atoms with Gasteiger partial charge in [-0.15, -0.1) is 22.7 Å². The van der Waals surface area contributed by atoms with Gasteiger partial charge in [0.2, 0.25) is 0 Å². The Kier molecular flexibility index (Phi) is 4.29. The molecule has 6 heteroatoms. The average Bonchev–Trinajstić information content (AvgIpc) is 2.91. The first-order chi connectivity index (χ1) is 10.9. The zero-order chi connectivity index (χ0) is 16.6. The average molecular weight is 348 g/mol. The Bertz CT molecular complexity index is 743. The van der Waals surface area contributed by atoms with E-state index in [9.17, 15) is 9.59 Å². The predicted molar refractivity (Wildman–Crippen MR) is 94.5 cm³/mol. The molecule has 23 heavy (non-hydrogen) atoms. The summed E-state index contributed by atoms with van der Waals surface area (Å²) in [5.74, 6) is -0.0102. The lowest BCUT2D eigenvalue weighted by atomic mass is 10.2. The number of aryl methyl sites for hydroxylation is 2. The van der Waals surface area contributed by atoms with Crippen LogP contribution in [0.1, 0.15) is 43.3 Å². The fraction of sp³-hybridized carbons (Fsp3) is 0.412. The minimum absolute atomic E-state index is 0.0237. The molecule has 2 heterocycles. The van der Waals surface area contributed by atoms with Gasteiger partial charge in [-0.25, -0.2) is 0 Å². The number of nitrogens with zero attached hydrogens (tertiary/aromatic N) is 1. The molecule has 1 aliphatic carbocycles. The number of hydrogen-bond donors (Lipinski definition) is 1. The molecule has 2 aromatic rings. The summed E-state index contributed by atoms with van der Waals surface area (Å²) < 4.78 is 0. The molecule has 0 spiro atoms. The van der Waals surface area contributed by atoms with E-state index in [1.807, 2.05) is 36.7 Å². The number of rotatable bonds is 5. The van der Waals surface area contributed by atoms with Crippen LogP contribution in [0, 0.1) is 13.8 Å². The summed E-state index contributed by atoms with van der Waals surface area (Å²) in [6.07, 6.45) is 1.84. The van der Waals surface area contributed by atoms with Gasteiger partial charge in [0.25, 0.3) is 11.8 Å². The van der Waals surface area contributed by atoms with Crippen molar-refractivity contribution in [3.8, 4) is 0 Å². The van der Waals surface area contributed by atoms with Gasteiger partial charge < -0.3 is 10.2 Å². The molecule has 0 saturated heterocycles. The molecular weight excluding hydrogens is 328 g/mol. The lowest BCUT2D eigenvalue weighted by molar-refractivity contribution is 0.0762. The minimum Gasteiger partial charge on any atom is -0.344 e. The number of hydrogen-bond acceptors (Lipinski definition) is 4. The van der Waals surface area contributed by atoms with Crippen molar-refractivity contribution in [3.05, 3.63) is 43.8 Å². The normalized spacial score (nSPS) is 15.3. The Morgan fingerprint density at radius 1 is 1.13 bits per heavy atom. The van der Waals surface area contributed by atoms with E-state index in [2.05, 4.69) is 5.32 Å². The molecular formula is C17H20N2O2S2. The second kappa shape index (κ2) is 6.09. The molecule has 2 amide bonds. The molecule has 0 aromatic carbocycles. The summed E-state index contributed by atoms with van der Waals surface area (Å²) in [6.45, 7) is 4.52. The van der Waals surface area contributed by atoms with E-state index in [1.165, 1.54) is 22.7 Å². The molecule has 0 atom stereocenters. The summed E-state index contributed by atoms with van der Waals surface area (Å²) in [5.41, 5.74) is 1.95. The SMILES string of the molecule is Cc1csc(C(=O)NC2(CN(C)C(=O)c3cc(C)cs3)CC2)c1. The quantitative estimate of drug-likeness (QED) is 0.899. The Balaban J connectivity index is 1.62. The molecule has 0 unspecified atom stereocenters. The fourth-order valence-corrected chi connectivity index (χ4v) is 4.27. The van der Waals surface area contributed by atoms with Gasteiger partial charge in [0.15, 0.2) is 0 Å². The Labute approximate surface area is 144 Å². The molecule has 2 aromatic heterocycles. The van der Waals surface area contributed by atoms with Gasteiger partial charge in [-0.2, -0.15) is 0 Å². The van der Waals surface area contributed by atoms with Crippen LogP contribution < -0.4 is 5.32 Å². The minimum atomic E-state index is -0.258. The van der Waals surface area contributed by atoms with Crippen LogP contribution in [0.2, 0.25) is 0 Å². The van der Waals surface area contributed by atoms with E-state index in [4.69, 9.17) is 0 Å². The summed E-state index contributed by atoms with van der Waals surface area (Å²) in [6, 6.07) is 3.81. The van der Waals surface area contributed by atoms with Gasteiger partial charge in [-0.3, -0.25) is 9.59 Å². The van der Waals surface area contributed by atoms with Crippen LogP contribution in [0.5, 0.6) is 0 Å². The number of likely N-dealkylation sites (N-methyl/N-ethyl adjacent to an activating group) is 1. The van der Waals surface area contributed by atoms with Gasteiger partial charge in [0.1, 0.15) is 0 Å². The topological polar surface area (TPSA) is 49.4 Å². The maximum Gasteiger partial charge on any atom is 0.263 e. The third-order valence-corrected chi connectivity index (χ3v) is 6.10. The van der Waals surface area contributed by atoms with E-state index in [-0.39, 0.29) is 17.4 Å². The van der Waals surface area contributed by atoms with Crippen LogP contribution in [0.25, 0.3) is 0 Å². The lowest BCUT2D eigenvalue weighted by Gasteiger charge is -2.24. The standard InChI is InChI=1S/C17H20N2O2S2/c1-11-6-13(22-8-11)15(20)18-17(4-5-17)10-19(3)16(21)14-7-12(2)9-23-14/h6-9H,4-5,10H2,1-3H3,(H,18,20). The van der Waals surface area contributed by atoms with Gasteiger partial charge >= 0.3 is 0 Å². The zero-order valence-electron chi connectivity index (χ0n) is 13.5. The molecule has 1 saturated carbocycles. The first-order valence-electron chi connectivity index (χ1n) is 7.57. The summed E-state index contributed by atoms with van der Waals surface area (Å²) in [4.78, 5) is 28.0. The number of thiophene rings is 2. The van der Waals surface area contributed by atoms with E-state index in [0.717, 1.165) is 33.7 Å². The smallest absolute Gasteiger partial charge is 0.263 e. The summed E-state index contributed by atoms with van der Waals surface area (Å²) in [7, 11) is 1.80. The third kappa shape index (κ3) is 3.64. The molecule has 0 aliphatic heterocycles. The van der Waals surface area contributed by atoms with E-state index < -0.39 is 0 Å². The number of nitrogens with one attached hydrogen (secondary N) is 1. The van der Waals surface area contributed by atoms with Crippen LogP contribution >= 0.6 is 22.7 Å². The lowest BCUT2D eigenvalue weighted by Crippen LogP contribution is -2.46. The highest BCUT2D eigenvalue weighted by Crippen LogP contribution is 2.37. The van der Waals surface area contributed by atoms with Crippen molar-refractivity contribution in [1.82, 2.24) is 10.2 Å². The highest BCUT2D eigenvalue weighted by atomic mass is 32.1. The Morgan fingerprint density at radius 3 is 2.17 bits per heavy atom. The maximum atomic E-state index is 12.4. The third-order valence-electron chi connectivity index (χ3n) is 4.01. The second-order valence-corrected chi connectivity index (χ2v) is 8.19. The van der Waals surface area contributed by atoms with Crippen molar-refractivity contribution in [2.45, 2.75) is 32.2 Å². The Morgan fingerprint density at radius 2 is 1.70 bits per heavy atom. The molecule has 0 bridgehead atoms. The molecule has 122 valence electrons. The molecule has 1 fully saturated rings. The van der Waals surface area contributed by atoms with Crippen molar-refractivity contribution < 1.29 is 9.59 Å². The Hall–Kier alpha value is -1.66. The zero-order valence-corrected chi connectivity index (χ0v) is 15.1. The van der Waals surface area contributed by atoms with Gasteiger partial charge in [-0.1, -0.05) is 0 Å². The molecule has 3 rings (SSSR count). The second-order valence-electron chi connectivity index (χ2n) is 6.37. The molecule has 0 radical (unpaired) electrons. The van der Waals surface area contributed by atoms with E-state index >= 15 is 0 Å². The largest absolute Gasteiger partial charge is 0.344 e. The molecule has 4 nitrogen and oxygen atoms in total. The van der Waals surface area contributed by atoms with E-state index in [0.29, 0.717) is 6.54 Å². The number of amides is 2. The van der Waals surface area contributed by atoms with Crippen molar-refractivity contribution >= 4 is 34.5 Å². The first-order valence-corrected chi connectivity index (χ1v) is 9.33. The van der Waals surface area contributed by atoms with Crippen molar-refractivity contribution in [2.75, 3.05) is 13.6 Å². The molecule has 1 aliphatic rings. The van der Waals surface area contributed by atoms with Crippen molar-refractivity contribution in [1.29, 1.82) is 0 Å². The molecule has 1 N–H and O–H groups in total. The number of carbonyl (C=O) groups excluding carboxylic acids is 2. The van der Waals surface area contributed by atoms with E-state index in [1.54, 1.807) is 11.9 Å². The fourth-order valence-electron chi connectivity index (χ4n) is 2.58. The highest BCUT2D eigenvalue weighted by molar-refractivity contribution is 7.12. The van der Waals surface area contributed by atoms with Crippen LogP contribution in [0.15, 0.2) is 22.9 Å². The van der Waals surface area contributed by atoms with Crippen LogP contribution in [0.4, 0.5) is 0 Å². The maximum absolute atomic E-state index is 12.4. The van der Waals surface area contributed by atoms with Crippen molar-refractivity contribution in [2.24, 2.45) is 0 Å². The summed E-state index contributed by atoms with van der Waals surface area (Å²) >= 11 is 2.93. The highest BCUT2D eigenvalue weighted by Gasteiger charge is 2.45. The van der Waals surface area contributed by atoms with Crippen LogP contribution in [-0.2, 0) is 0 Å². The van der Waals surface area contributed by atoms with Gasteiger partial charge in [0.05, 0.1) is 15.3 Å². The summed E-state index contributed by atoms with van der Waals surface area (Å²) in [5, 5.41) is 7.08. The predicted octanol–water partition coefficient (Wildman–Crippen LogP) is 3.46. The van der Waals surface area contributed by atoms with Gasteiger partial charge in [0, 0.05) is 13.6 Å². The van der Waals surface area contributed by atoms with Gasteiger partial charge in [-0.05, 0) is 60.7 Å². The monoisotopic (exact) mass is 348 g/mol. The van der Waals surface area contributed by atoms with Crippen molar-refractivity contribution in [3.63, 3.8) is 0 Å². The first kappa shape index (κ1) is 16.2. The van der Waals surface area contributed by atoms with Crippen LogP contribution in [0.3, 0.4) is 0 Å². The van der Waals surface area contributed by atoms with Crippen LogP contribution in [-0.4, -0.2) is 35.8 Å². The number of carbonyl (C=O) groups is 2.